The standard InChI is InChI=1S/C20H23N3O2S/c1-13(2)21-19(24)14(3)26-20-22-17-7-5-6-8-18(17)23(20)15-9-11-16(25-4)12-10-15/h5-14H,1-4H3,(H,21,24). The number of carbonyl (C=O) groups is 1. The molecule has 3 rings (SSSR count). The number of para-hydroxylation sites is 2. The lowest BCUT2D eigenvalue weighted by molar-refractivity contribution is -0.120. The maximum absolute atomic E-state index is 12.3. The Balaban J connectivity index is 2.00. The molecule has 0 aliphatic carbocycles. The highest BCUT2D eigenvalue weighted by Gasteiger charge is 2.20. The van der Waals surface area contributed by atoms with Gasteiger partial charge in [0.25, 0.3) is 0 Å². The van der Waals surface area contributed by atoms with Crippen molar-refractivity contribution in [2.75, 3.05) is 7.11 Å². The van der Waals surface area contributed by atoms with Gasteiger partial charge in [-0.15, -0.1) is 0 Å². The number of nitrogens with zero attached hydrogens (tertiary/aromatic N) is 2. The summed E-state index contributed by atoms with van der Waals surface area (Å²) in [4.78, 5) is 17.1. The number of fused-ring (bicyclic) bond motifs is 1. The summed E-state index contributed by atoms with van der Waals surface area (Å²) >= 11 is 1.46. The Morgan fingerprint density at radius 2 is 1.81 bits per heavy atom. The van der Waals surface area contributed by atoms with Crippen LogP contribution in [0.15, 0.2) is 53.7 Å². The molecule has 0 radical (unpaired) electrons. The van der Waals surface area contributed by atoms with Gasteiger partial charge in [-0.05, 0) is 57.2 Å². The normalized spacial score (nSPS) is 12.3. The molecule has 1 atom stereocenters. The molecule has 1 amide bonds. The number of rotatable bonds is 6. The monoisotopic (exact) mass is 369 g/mol. The molecule has 1 N–H and O–H groups in total. The average molecular weight is 369 g/mol. The van der Waals surface area contributed by atoms with Gasteiger partial charge in [-0.1, -0.05) is 23.9 Å². The summed E-state index contributed by atoms with van der Waals surface area (Å²) in [5.74, 6) is 0.815. The first-order valence-corrected chi connectivity index (χ1v) is 9.46. The zero-order valence-corrected chi connectivity index (χ0v) is 16.2. The Morgan fingerprint density at radius 1 is 1.12 bits per heavy atom. The van der Waals surface area contributed by atoms with Crippen LogP contribution < -0.4 is 10.1 Å². The van der Waals surface area contributed by atoms with Crippen molar-refractivity contribution in [3.05, 3.63) is 48.5 Å². The number of nitrogens with one attached hydrogen (secondary N) is 1. The van der Waals surface area contributed by atoms with Crippen LogP contribution in [0.25, 0.3) is 16.7 Å². The number of thioether (sulfide) groups is 1. The lowest BCUT2D eigenvalue weighted by atomic mass is 10.2. The SMILES string of the molecule is COc1ccc(-n2c(SC(C)C(=O)NC(C)C)nc3ccccc32)cc1. The quantitative estimate of drug-likeness (QED) is 0.666. The maximum Gasteiger partial charge on any atom is 0.233 e. The molecule has 0 aliphatic rings. The van der Waals surface area contributed by atoms with E-state index in [4.69, 9.17) is 9.72 Å². The lowest BCUT2D eigenvalue weighted by Crippen LogP contribution is -2.36. The van der Waals surface area contributed by atoms with Crippen molar-refractivity contribution in [2.45, 2.75) is 37.2 Å². The topological polar surface area (TPSA) is 56.1 Å². The summed E-state index contributed by atoms with van der Waals surface area (Å²) in [5, 5.41) is 3.51. The number of aromatic nitrogens is 2. The zero-order chi connectivity index (χ0) is 18.7. The molecule has 0 spiro atoms. The van der Waals surface area contributed by atoms with Crippen LogP contribution in [-0.2, 0) is 4.79 Å². The molecule has 0 fully saturated rings. The number of methoxy groups -OCH3 is 1. The van der Waals surface area contributed by atoms with Gasteiger partial charge in [0.15, 0.2) is 5.16 Å². The summed E-state index contributed by atoms with van der Waals surface area (Å²) in [7, 11) is 1.65. The predicted molar refractivity (Wildman–Crippen MR) is 106 cm³/mol. The van der Waals surface area contributed by atoms with Gasteiger partial charge < -0.3 is 10.1 Å². The average Bonchev–Trinajstić information content (AvgIpc) is 2.99. The van der Waals surface area contributed by atoms with Crippen molar-refractivity contribution < 1.29 is 9.53 Å². The molecule has 2 aromatic carbocycles. The molecule has 0 saturated carbocycles. The second kappa shape index (κ2) is 7.83. The second-order valence-electron chi connectivity index (χ2n) is 6.34. The van der Waals surface area contributed by atoms with Crippen LogP contribution in [0.2, 0.25) is 0 Å². The molecule has 5 nitrogen and oxygen atoms in total. The van der Waals surface area contributed by atoms with E-state index < -0.39 is 0 Å². The van der Waals surface area contributed by atoms with E-state index in [0.717, 1.165) is 27.6 Å². The Hall–Kier alpha value is -2.47. The van der Waals surface area contributed by atoms with Gasteiger partial charge in [0.05, 0.1) is 23.4 Å². The van der Waals surface area contributed by atoms with Crippen molar-refractivity contribution in [3.63, 3.8) is 0 Å². The molecule has 26 heavy (non-hydrogen) atoms. The number of ether oxygens (including phenoxy) is 1. The van der Waals surface area contributed by atoms with Gasteiger partial charge in [-0.3, -0.25) is 9.36 Å². The van der Waals surface area contributed by atoms with Gasteiger partial charge in [0.1, 0.15) is 5.75 Å². The van der Waals surface area contributed by atoms with Crippen molar-refractivity contribution in [1.82, 2.24) is 14.9 Å². The van der Waals surface area contributed by atoms with Crippen LogP contribution in [-0.4, -0.2) is 33.9 Å². The fourth-order valence-electron chi connectivity index (χ4n) is 2.68. The molecule has 0 aliphatic heterocycles. The molecule has 6 heteroatoms. The summed E-state index contributed by atoms with van der Waals surface area (Å²) < 4.78 is 7.34. The van der Waals surface area contributed by atoms with E-state index >= 15 is 0 Å². The van der Waals surface area contributed by atoms with E-state index in [2.05, 4.69) is 9.88 Å². The third-order valence-corrected chi connectivity index (χ3v) is 5.00. The minimum Gasteiger partial charge on any atom is -0.497 e. The van der Waals surface area contributed by atoms with Gasteiger partial charge in [-0.2, -0.15) is 0 Å². The third kappa shape index (κ3) is 3.85. The van der Waals surface area contributed by atoms with E-state index in [1.54, 1.807) is 7.11 Å². The predicted octanol–water partition coefficient (Wildman–Crippen LogP) is 4.04. The van der Waals surface area contributed by atoms with Gasteiger partial charge in [0.2, 0.25) is 5.91 Å². The third-order valence-electron chi connectivity index (χ3n) is 3.94. The van der Waals surface area contributed by atoms with E-state index in [-0.39, 0.29) is 17.2 Å². The number of benzene rings is 2. The van der Waals surface area contributed by atoms with E-state index in [9.17, 15) is 4.79 Å². The molecule has 136 valence electrons. The highest BCUT2D eigenvalue weighted by molar-refractivity contribution is 8.00. The minimum atomic E-state index is -0.244. The molecule has 1 aromatic heterocycles. The Kier molecular flexibility index (Phi) is 5.52. The highest BCUT2D eigenvalue weighted by atomic mass is 32.2. The van der Waals surface area contributed by atoms with Crippen LogP contribution in [0.4, 0.5) is 0 Å². The minimum absolute atomic E-state index is 0.0123. The molecular formula is C20H23N3O2S. The van der Waals surface area contributed by atoms with E-state index in [1.165, 1.54) is 11.8 Å². The van der Waals surface area contributed by atoms with Crippen molar-refractivity contribution in [1.29, 1.82) is 0 Å². The largest absolute Gasteiger partial charge is 0.497 e. The zero-order valence-electron chi connectivity index (χ0n) is 15.4. The summed E-state index contributed by atoms with van der Waals surface area (Å²) in [5.41, 5.74) is 2.90. The number of carbonyl (C=O) groups excluding carboxylic acids is 1. The summed E-state index contributed by atoms with van der Waals surface area (Å²) in [6, 6.07) is 15.9. The van der Waals surface area contributed by atoms with Crippen LogP contribution in [0.3, 0.4) is 0 Å². The smallest absolute Gasteiger partial charge is 0.233 e. The summed E-state index contributed by atoms with van der Waals surface area (Å²) in [6.45, 7) is 5.82. The number of imidazole rings is 1. The van der Waals surface area contributed by atoms with Gasteiger partial charge in [0, 0.05) is 11.7 Å². The maximum atomic E-state index is 12.3. The van der Waals surface area contributed by atoms with Gasteiger partial charge >= 0.3 is 0 Å². The van der Waals surface area contributed by atoms with Crippen LogP contribution in [0.5, 0.6) is 5.75 Å². The van der Waals surface area contributed by atoms with Crippen molar-refractivity contribution in [3.8, 4) is 11.4 Å². The Morgan fingerprint density at radius 3 is 2.46 bits per heavy atom. The molecule has 3 aromatic rings. The van der Waals surface area contributed by atoms with Crippen molar-refractivity contribution in [2.24, 2.45) is 0 Å². The lowest BCUT2D eigenvalue weighted by Gasteiger charge is -2.15. The second-order valence-corrected chi connectivity index (χ2v) is 7.65. The Labute approximate surface area is 157 Å². The molecule has 0 bridgehead atoms. The van der Waals surface area contributed by atoms with Crippen molar-refractivity contribution >= 4 is 28.7 Å². The first-order chi connectivity index (χ1) is 12.5. The number of hydrogen-bond acceptors (Lipinski definition) is 4. The Bertz CT molecular complexity index is 903. The van der Waals surface area contributed by atoms with Crippen LogP contribution in [0.1, 0.15) is 20.8 Å². The first kappa shape index (κ1) is 18.3. The first-order valence-electron chi connectivity index (χ1n) is 8.58. The van der Waals surface area contributed by atoms with E-state index in [0.29, 0.717) is 0 Å². The number of hydrogen-bond donors (Lipinski definition) is 1. The molecular weight excluding hydrogens is 346 g/mol. The number of amides is 1. The molecule has 0 saturated heterocycles. The molecule has 1 unspecified atom stereocenters. The highest BCUT2D eigenvalue weighted by Crippen LogP contribution is 2.31. The fourth-order valence-corrected chi connectivity index (χ4v) is 3.63. The van der Waals surface area contributed by atoms with Crippen LogP contribution in [0, 0.1) is 0 Å². The van der Waals surface area contributed by atoms with Gasteiger partial charge in [-0.25, -0.2) is 4.98 Å². The molecule has 1 heterocycles. The fraction of sp³-hybridized carbons (Fsp3) is 0.300. The van der Waals surface area contributed by atoms with E-state index in [1.807, 2.05) is 69.3 Å². The van der Waals surface area contributed by atoms with Crippen LogP contribution >= 0.6 is 11.8 Å². The summed E-state index contributed by atoms with van der Waals surface area (Å²) in [6.07, 6.45) is 0.